The third kappa shape index (κ3) is 2.95. The Morgan fingerprint density at radius 1 is 0.893 bits per heavy atom. The molecule has 2 aliphatic heterocycles. The summed E-state index contributed by atoms with van der Waals surface area (Å²) in [5.41, 5.74) is 3.19. The number of benzene rings is 3. The first-order valence-corrected chi connectivity index (χ1v) is 9.56. The molecule has 28 heavy (non-hydrogen) atoms. The standard InChI is InChI=1S/C24H22O4/c1-25-20-13-12-17-14-15-24(27-21(17)16-20)22(18-8-4-2-5-9-18)26-23(28-24)19-10-6-3-7-11-19/h2-13,16,22-23H,14-15H2,1H3/t22-,23-,24+/m0/s1. The number of hydrogen-bond acceptors (Lipinski definition) is 4. The third-order valence-corrected chi connectivity index (χ3v) is 5.44. The van der Waals surface area contributed by atoms with Gasteiger partial charge in [0.15, 0.2) is 12.4 Å². The van der Waals surface area contributed by atoms with Gasteiger partial charge in [0, 0.05) is 18.1 Å². The second-order valence-corrected chi connectivity index (χ2v) is 7.17. The Balaban J connectivity index is 1.55. The van der Waals surface area contributed by atoms with Crippen molar-refractivity contribution >= 4 is 0 Å². The van der Waals surface area contributed by atoms with Crippen molar-refractivity contribution in [1.82, 2.24) is 0 Å². The van der Waals surface area contributed by atoms with E-state index in [1.807, 2.05) is 60.7 Å². The molecule has 3 aromatic carbocycles. The molecule has 0 aliphatic carbocycles. The lowest BCUT2D eigenvalue weighted by Crippen LogP contribution is -2.43. The topological polar surface area (TPSA) is 36.9 Å². The van der Waals surface area contributed by atoms with E-state index < -0.39 is 12.1 Å². The van der Waals surface area contributed by atoms with Gasteiger partial charge in [0.2, 0.25) is 5.79 Å². The van der Waals surface area contributed by atoms with Crippen LogP contribution >= 0.6 is 0 Å². The molecule has 3 atom stereocenters. The van der Waals surface area contributed by atoms with Crippen LogP contribution in [0.3, 0.4) is 0 Å². The van der Waals surface area contributed by atoms with Crippen LogP contribution in [-0.4, -0.2) is 12.9 Å². The molecule has 3 aromatic rings. The number of aryl methyl sites for hydroxylation is 1. The molecule has 2 aliphatic rings. The minimum atomic E-state index is -0.874. The normalized spacial score (nSPS) is 25.9. The van der Waals surface area contributed by atoms with Crippen LogP contribution in [0.2, 0.25) is 0 Å². The van der Waals surface area contributed by atoms with Crippen molar-refractivity contribution in [3.63, 3.8) is 0 Å². The fourth-order valence-corrected chi connectivity index (χ4v) is 3.99. The van der Waals surface area contributed by atoms with Crippen LogP contribution in [0.4, 0.5) is 0 Å². The molecule has 5 rings (SSSR count). The Bertz CT molecular complexity index is 957. The van der Waals surface area contributed by atoms with Crippen LogP contribution in [0.15, 0.2) is 78.9 Å². The molecule has 0 unspecified atom stereocenters. The highest BCUT2D eigenvalue weighted by Gasteiger charge is 2.54. The predicted molar refractivity (Wildman–Crippen MR) is 105 cm³/mol. The summed E-state index contributed by atoms with van der Waals surface area (Å²) in [6.45, 7) is 0. The first-order chi connectivity index (χ1) is 13.8. The molecule has 4 heteroatoms. The second kappa shape index (κ2) is 6.97. The summed E-state index contributed by atoms with van der Waals surface area (Å²) in [5, 5.41) is 0. The van der Waals surface area contributed by atoms with E-state index in [1.165, 1.54) is 0 Å². The molecule has 0 radical (unpaired) electrons. The van der Waals surface area contributed by atoms with E-state index >= 15 is 0 Å². The number of ether oxygens (including phenoxy) is 4. The van der Waals surface area contributed by atoms with Gasteiger partial charge in [-0.05, 0) is 23.6 Å². The SMILES string of the molecule is COc1ccc2c(c1)O[C@]1(CC2)O[C@@H](c2ccccc2)O[C@H]1c1ccccc1. The van der Waals surface area contributed by atoms with E-state index in [0.717, 1.165) is 41.0 Å². The average Bonchev–Trinajstić information content (AvgIpc) is 3.13. The molecule has 0 N–H and O–H groups in total. The average molecular weight is 374 g/mol. The molecule has 1 spiro atoms. The first kappa shape index (κ1) is 17.3. The summed E-state index contributed by atoms with van der Waals surface area (Å²) in [4.78, 5) is 0. The molecule has 0 amide bonds. The van der Waals surface area contributed by atoms with Crippen molar-refractivity contribution in [2.45, 2.75) is 31.0 Å². The van der Waals surface area contributed by atoms with E-state index in [2.05, 4.69) is 18.2 Å². The van der Waals surface area contributed by atoms with Gasteiger partial charge in [0.1, 0.15) is 11.5 Å². The van der Waals surface area contributed by atoms with Crippen LogP contribution in [-0.2, 0) is 15.9 Å². The summed E-state index contributed by atoms with van der Waals surface area (Å²) in [7, 11) is 1.66. The van der Waals surface area contributed by atoms with Crippen molar-refractivity contribution in [2.75, 3.05) is 7.11 Å². The Kier molecular flexibility index (Phi) is 4.30. The zero-order valence-electron chi connectivity index (χ0n) is 15.7. The fourth-order valence-electron chi connectivity index (χ4n) is 3.99. The summed E-state index contributed by atoms with van der Waals surface area (Å²) in [5.74, 6) is 0.691. The number of hydrogen-bond donors (Lipinski definition) is 0. The smallest absolute Gasteiger partial charge is 0.244 e. The van der Waals surface area contributed by atoms with Crippen molar-refractivity contribution in [3.8, 4) is 11.5 Å². The van der Waals surface area contributed by atoms with Crippen LogP contribution in [0.1, 0.15) is 35.5 Å². The van der Waals surface area contributed by atoms with E-state index in [1.54, 1.807) is 7.11 Å². The molecule has 1 fully saturated rings. The quantitative estimate of drug-likeness (QED) is 0.631. The Hall–Kier alpha value is -2.82. The molecule has 0 saturated carbocycles. The van der Waals surface area contributed by atoms with Crippen molar-refractivity contribution in [2.24, 2.45) is 0 Å². The monoisotopic (exact) mass is 374 g/mol. The van der Waals surface area contributed by atoms with Crippen molar-refractivity contribution < 1.29 is 18.9 Å². The number of methoxy groups -OCH3 is 1. The molecule has 1 saturated heterocycles. The van der Waals surface area contributed by atoms with Gasteiger partial charge in [-0.3, -0.25) is 0 Å². The Labute approximate surface area is 164 Å². The van der Waals surface area contributed by atoms with Gasteiger partial charge >= 0.3 is 0 Å². The molecule has 2 heterocycles. The van der Waals surface area contributed by atoms with Crippen LogP contribution in [0.25, 0.3) is 0 Å². The lowest BCUT2D eigenvalue weighted by Gasteiger charge is -2.37. The molecule has 0 bridgehead atoms. The molecular formula is C24H22O4. The molecule has 0 aromatic heterocycles. The third-order valence-electron chi connectivity index (χ3n) is 5.44. The van der Waals surface area contributed by atoms with Crippen molar-refractivity contribution in [1.29, 1.82) is 0 Å². The van der Waals surface area contributed by atoms with E-state index in [-0.39, 0.29) is 6.10 Å². The summed E-state index contributed by atoms with van der Waals surface area (Å²) in [6.07, 6.45) is 0.778. The van der Waals surface area contributed by atoms with Crippen LogP contribution in [0, 0.1) is 0 Å². The van der Waals surface area contributed by atoms with E-state index in [0.29, 0.717) is 0 Å². The summed E-state index contributed by atoms with van der Waals surface area (Å²) < 4.78 is 24.8. The minimum absolute atomic E-state index is 0.321. The van der Waals surface area contributed by atoms with Gasteiger partial charge in [0.25, 0.3) is 0 Å². The predicted octanol–water partition coefficient (Wildman–Crippen LogP) is 5.20. The summed E-state index contributed by atoms with van der Waals surface area (Å²) in [6, 6.07) is 26.1. The Morgan fingerprint density at radius 3 is 2.32 bits per heavy atom. The largest absolute Gasteiger partial charge is 0.497 e. The first-order valence-electron chi connectivity index (χ1n) is 9.56. The second-order valence-electron chi connectivity index (χ2n) is 7.17. The lowest BCUT2D eigenvalue weighted by molar-refractivity contribution is -0.194. The van der Waals surface area contributed by atoms with Crippen LogP contribution < -0.4 is 9.47 Å². The van der Waals surface area contributed by atoms with Crippen molar-refractivity contribution in [3.05, 3.63) is 95.6 Å². The maximum Gasteiger partial charge on any atom is 0.244 e. The zero-order valence-corrected chi connectivity index (χ0v) is 15.7. The number of rotatable bonds is 3. The van der Waals surface area contributed by atoms with Crippen LogP contribution in [0.5, 0.6) is 11.5 Å². The van der Waals surface area contributed by atoms with Gasteiger partial charge in [-0.1, -0.05) is 66.7 Å². The minimum Gasteiger partial charge on any atom is -0.497 e. The summed E-state index contributed by atoms with van der Waals surface area (Å²) >= 11 is 0. The van der Waals surface area contributed by atoms with E-state index in [4.69, 9.17) is 18.9 Å². The van der Waals surface area contributed by atoms with Gasteiger partial charge < -0.3 is 18.9 Å². The maximum absolute atomic E-state index is 6.51. The van der Waals surface area contributed by atoms with Gasteiger partial charge in [-0.15, -0.1) is 0 Å². The van der Waals surface area contributed by atoms with Gasteiger partial charge in [0.05, 0.1) is 7.11 Å². The highest BCUT2D eigenvalue weighted by Crippen LogP contribution is 2.52. The van der Waals surface area contributed by atoms with Gasteiger partial charge in [-0.2, -0.15) is 0 Å². The fraction of sp³-hybridized carbons (Fsp3) is 0.250. The van der Waals surface area contributed by atoms with Gasteiger partial charge in [-0.25, -0.2) is 0 Å². The zero-order chi connectivity index (χ0) is 19.0. The maximum atomic E-state index is 6.51. The molecule has 142 valence electrons. The highest BCUT2D eigenvalue weighted by molar-refractivity contribution is 5.43. The van der Waals surface area contributed by atoms with E-state index in [9.17, 15) is 0 Å². The molecule has 4 nitrogen and oxygen atoms in total. The lowest BCUT2D eigenvalue weighted by atomic mass is 9.92. The molecular weight excluding hydrogens is 352 g/mol. The Morgan fingerprint density at radius 2 is 1.61 bits per heavy atom. The highest BCUT2D eigenvalue weighted by atomic mass is 16.8. The number of fused-ring (bicyclic) bond motifs is 1.